The maximum absolute atomic E-state index is 12.9. The molecule has 0 amide bonds. The first-order valence-electron chi connectivity index (χ1n) is 10.7. The van der Waals surface area contributed by atoms with E-state index in [4.69, 9.17) is 0 Å². The van der Waals surface area contributed by atoms with Gasteiger partial charge in [-0.25, -0.2) is 14.3 Å². The average Bonchev–Trinajstić information content (AvgIpc) is 3.07. The third kappa shape index (κ3) is 5.40. The van der Waals surface area contributed by atoms with Crippen LogP contribution in [0.4, 0.5) is 0 Å². The van der Waals surface area contributed by atoms with Gasteiger partial charge in [0.1, 0.15) is 5.82 Å². The van der Waals surface area contributed by atoms with Crippen molar-refractivity contribution in [2.75, 3.05) is 0 Å². The number of nitrogens with zero attached hydrogens (tertiary/aromatic N) is 3. The Hall–Kier alpha value is -3.41. The quantitative estimate of drug-likeness (QED) is 0.359. The molecule has 6 nitrogen and oxygen atoms in total. The Morgan fingerprint density at radius 2 is 1.87 bits per heavy atom. The lowest BCUT2D eigenvalue weighted by Gasteiger charge is -2.09. The number of aromatic nitrogens is 3. The summed E-state index contributed by atoms with van der Waals surface area (Å²) in [6, 6.07) is 14.6. The predicted molar refractivity (Wildman–Crippen MR) is 122 cm³/mol. The molecule has 0 spiro atoms. The summed E-state index contributed by atoms with van der Waals surface area (Å²) in [7, 11) is 0. The maximum atomic E-state index is 12.9. The van der Waals surface area contributed by atoms with Crippen LogP contribution in [0.15, 0.2) is 66.0 Å². The molecule has 0 aliphatic carbocycles. The molecule has 0 saturated carbocycles. The topological polar surface area (TPSA) is 77.1 Å². The van der Waals surface area contributed by atoms with E-state index in [1.54, 1.807) is 27.4 Å². The number of carbonyl (C=O) groups is 1. The minimum Gasteiger partial charge on any atom is -0.478 e. The minimum atomic E-state index is -0.950. The highest BCUT2D eigenvalue weighted by Crippen LogP contribution is 2.24. The highest BCUT2D eigenvalue weighted by molar-refractivity contribution is 5.95. The van der Waals surface area contributed by atoms with Gasteiger partial charge >= 0.3 is 11.7 Å². The third-order valence-electron chi connectivity index (χ3n) is 5.31. The molecule has 0 bridgehead atoms. The molecule has 6 heteroatoms. The van der Waals surface area contributed by atoms with Crippen LogP contribution in [0.25, 0.3) is 11.1 Å². The zero-order valence-electron chi connectivity index (χ0n) is 18.0. The van der Waals surface area contributed by atoms with Crippen LogP contribution < -0.4 is 5.69 Å². The first-order valence-corrected chi connectivity index (χ1v) is 10.7. The molecule has 3 aromatic rings. The van der Waals surface area contributed by atoms with Gasteiger partial charge in [-0.15, -0.1) is 6.58 Å². The van der Waals surface area contributed by atoms with Crippen LogP contribution in [-0.4, -0.2) is 25.4 Å². The maximum Gasteiger partial charge on any atom is 0.346 e. The van der Waals surface area contributed by atoms with Crippen molar-refractivity contribution >= 4 is 5.97 Å². The molecule has 0 radical (unpaired) electrons. The smallest absolute Gasteiger partial charge is 0.346 e. The van der Waals surface area contributed by atoms with Gasteiger partial charge in [0.05, 0.1) is 12.1 Å². The molecule has 1 N–H and O–H groups in total. The van der Waals surface area contributed by atoms with Crippen LogP contribution in [0.3, 0.4) is 0 Å². The van der Waals surface area contributed by atoms with E-state index in [1.807, 2.05) is 36.4 Å². The van der Waals surface area contributed by atoms with E-state index in [0.717, 1.165) is 42.6 Å². The SMILES string of the molecule is C=CCCc1nn(CCCCC)c(=O)n1Cc1ccc(-c2ccccc2C(=O)O)cc1. The number of aryl methyl sites for hydroxylation is 2. The highest BCUT2D eigenvalue weighted by Gasteiger charge is 2.14. The molecular weight excluding hydrogens is 390 g/mol. The van der Waals surface area contributed by atoms with Gasteiger partial charge in [-0.1, -0.05) is 68.3 Å². The summed E-state index contributed by atoms with van der Waals surface area (Å²) in [5, 5.41) is 14.0. The Kier molecular flexibility index (Phi) is 7.60. The number of allylic oxidation sites excluding steroid dienone is 1. The van der Waals surface area contributed by atoms with Crippen LogP contribution in [0.5, 0.6) is 0 Å². The zero-order valence-corrected chi connectivity index (χ0v) is 18.0. The molecule has 0 atom stereocenters. The van der Waals surface area contributed by atoms with Crippen LogP contribution in [0.1, 0.15) is 54.4 Å². The van der Waals surface area contributed by atoms with Gasteiger partial charge in [0.15, 0.2) is 0 Å². The highest BCUT2D eigenvalue weighted by atomic mass is 16.4. The number of carboxylic acids is 1. The van der Waals surface area contributed by atoms with E-state index in [9.17, 15) is 14.7 Å². The second-order valence-electron chi connectivity index (χ2n) is 7.59. The fraction of sp³-hybridized carbons (Fsp3) is 0.320. The number of unbranched alkanes of at least 4 members (excludes halogenated alkanes) is 2. The largest absolute Gasteiger partial charge is 0.478 e. The molecule has 0 fully saturated rings. The van der Waals surface area contributed by atoms with E-state index in [0.29, 0.717) is 25.1 Å². The molecule has 3 rings (SSSR count). The number of aromatic carboxylic acids is 1. The molecule has 1 aromatic heterocycles. The first kappa shape index (κ1) is 22.3. The normalized spacial score (nSPS) is 10.9. The summed E-state index contributed by atoms with van der Waals surface area (Å²) < 4.78 is 3.31. The molecule has 2 aromatic carbocycles. The standard InChI is InChI=1S/C25H29N3O3/c1-3-5-9-17-28-25(31)27(23(26-28)12-6-4-2)18-19-13-15-20(16-14-19)21-10-7-8-11-22(21)24(29)30/h4,7-8,10-11,13-16H,2-3,5-6,9,12,17-18H2,1H3,(H,29,30). The second-order valence-corrected chi connectivity index (χ2v) is 7.59. The van der Waals surface area contributed by atoms with Gasteiger partial charge in [-0.2, -0.15) is 5.10 Å². The van der Waals surface area contributed by atoms with E-state index in [2.05, 4.69) is 18.6 Å². The number of hydrogen-bond donors (Lipinski definition) is 1. The number of rotatable bonds is 11. The van der Waals surface area contributed by atoms with Crippen molar-refractivity contribution in [3.63, 3.8) is 0 Å². The monoisotopic (exact) mass is 419 g/mol. The zero-order chi connectivity index (χ0) is 22.2. The van der Waals surface area contributed by atoms with Gasteiger partial charge in [0.2, 0.25) is 0 Å². The van der Waals surface area contributed by atoms with Crippen molar-refractivity contribution in [1.29, 1.82) is 0 Å². The molecule has 31 heavy (non-hydrogen) atoms. The van der Waals surface area contributed by atoms with Crippen molar-refractivity contribution in [2.45, 2.75) is 52.1 Å². The van der Waals surface area contributed by atoms with Gasteiger partial charge in [0, 0.05) is 13.0 Å². The van der Waals surface area contributed by atoms with E-state index >= 15 is 0 Å². The van der Waals surface area contributed by atoms with E-state index in [1.165, 1.54) is 0 Å². The second kappa shape index (κ2) is 10.6. The predicted octanol–water partition coefficient (Wildman–Crippen LogP) is 4.77. The number of carboxylic acid groups (broad SMARTS) is 1. The summed E-state index contributed by atoms with van der Waals surface area (Å²) >= 11 is 0. The Balaban J connectivity index is 1.86. The Morgan fingerprint density at radius 1 is 1.13 bits per heavy atom. The lowest BCUT2D eigenvalue weighted by Crippen LogP contribution is -2.26. The van der Waals surface area contributed by atoms with Crippen LogP contribution >= 0.6 is 0 Å². The van der Waals surface area contributed by atoms with Crippen LogP contribution in [0.2, 0.25) is 0 Å². The van der Waals surface area contributed by atoms with Crippen LogP contribution in [0, 0.1) is 0 Å². The van der Waals surface area contributed by atoms with Crippen molar-refractivity contribution in [3.05, 3.63) is 88.6 Å². The van der Waals surface area contributed by atoms with Crippen molar-refractivity contribution in [2.24, 2.45) is 0 Å². The third-order valence-corrected chi connectivity index (χ3v) is 5.31. The molecule has 0 unspecified atom stereocenters. The number of hydrogen-bond acceptors (Lipinski definition) is 3. The fourth-order valence-electron chi connectivity index (χ4n) is 3.61. The summed E-state index contributed by atoms with van der Waals surface area (Å²) in [5.41, 5.74) is 2.65. The Bertz CT molecular complexity index is 1090. The van der Waals surface area contributed by atoms with Gasteiger partial charge in [-0.05, 0) is 35.6 Å². The van der Waals surface area contributed by atoms with E-state index in [-0.39, 0.29) is 11.3 Å². The lowest BCUT2D eigenvalue weighted by molar-refractivity contribution is 0.0697. The molecule has 1 heterocycles. The summed E-state index contributed by atoms with van der Waals surface area (Å²) in [4.78, 5) is 24.4. The van der Waals surface area contributed by atoms with Crippen molar-refractivity contribution in [3.8, 4) is 11.1 Å². The summed E-state index contributed by atoms with van der Waals surface area (Å²) in [6.45, 7) is 6.97. The minimum absolute atomic E-state index is 0.0875. The Morgan fingerprint density at radius 3 is 2.55 bits per heavy atom. The summed E-state index contributed by atoms with van der Waals surface area (Å²) in [6.07, 6.45) is 6.36. The molecule has 0 aliphatic rings. The van der Waals surface area contributed by atoms with Gasteiger partial charge in [-0.3, -0.25) is 4.57 Å². The number of benzene rings is 2. The lowest BCUT2D eigenvalue weighted by atomic mass is 9.99. The summed E-state index contributed by atoms with van der Waals surface area (Å²) in [5.74, 6) is -0.185. The van der Waals surface area contributed by atoms with Crippen molar-refractivity contribution in [1.82, 2.24) is 14.3 Å². The van der Waals surface area contributed by atoms with Crippen LogP contribution in [-0.2, 0) is 19.5 Å². The van der Waals surface area contributed by atoms with Crippen molar-refractivity contribution < 1.29 is 9.90 Å². The first-order chi connectivity index (χ1) is 15.0. The van der Waals surface area contributed by atoms with E-state index < -0.39 is 5.97 Å². The molecule has 162 valence electrons. The van der Waals surface area contributed by atoms with Gasteiger partial charge < -0.3 is 5.11 Å². The Labute approximate surface area is 182 Å². The molecule has 0 aliphatic heterocycles. The van der Waals surface area contributed by atoms with Gasteiger partial charge in [0.25, 0.3) is 0 Å². The average molecular weight is 420 g/mol. The molecule has 0 saturated heterocycles. The fourth-order valence-corrected chi connectivity index (χ4v) is 3.61. The molecular formula is C25H29N3O3.